The van der Waals surface area contributed by atoms with E-state index < -0.39 is 0 Å². The number of aromatic hydroxyl groups is 1. The normalized spacial score (nSPS) is 19.5. The standard InChI is InChI=1S/C26H18O7/c27-16-4-2-15(3-5-16)18-13-23(28)32-20-8-6-17-25(29)22(33-26(17)24(18)20)12-14-1-7-19-21(11-14)31-10-9-30-19/h1-8,11-12,18,27H,9-10,13H2/b22-12-. The molecule has 0 radical (unpaired) electrons. The Balaban J connectivity index is 1.41. The molecule has 0 fully saturated rings. The molecule has 0 aliphatic carbocycles. The highest BCUT2D eigenvalue weighted by atomic mass is 16.6. The molecule has 33 heavy (non-hydrogen) atoms. The quantitative estimate of drug-likeness (QED) is 0.361. The highest BCUT2D eigenvalue weighted by Gasteiger charge is 2.38. The monoisotopic (exact) mass is 442 g/mol. The second kappa shape index (κ2) is 7.41. The van der Waals surface area contributed by atoms with E-state index in [9.17, 15) is 14.7 Å². The van der Waals surface area contributed by atoms with Crippen molar-refractivity contribution in [1.82, 2.24) is 0 Å². The first-order chi connectivity index (χ1) is 16.1. The lowest BCUT2D eigenvalue weighted by Gasteiger charge is -2.26. The Morgan fingerprint density at radius 2 is 1.61 bits per heavy atom. The number of hydrogen-bond acceptors (Lipinski definition) is 7. The number of benzene rings is 3. The Bertz CT molecular complexity index is 1340. The lowest BCUT2D eigenvalue weighted by atomic mass is 9.84. The van der Waals surface area contributed by atoms with Gasteiger partial charge in [-0.1, -0.05) is 18.2 Å². The zero-order valence-corrected chi connectivity index (χ0v) is 17.4. The first kappa shape index (κ1) is 19.4. The van der Waals surface area contributed by atoms with E-state index in [-0.39, 0.29) is 35.6 Å². The van der Waals surface area contributed by atoms with E-state index in [0.717, 1.165) is 11.1 Å². The smallest absolute Gasteiger partial charge is 0.312 e. The number of ether oxygens (including phenoxy) is 4. The van der Waals surface area contributed by atoms with E-state index in [1.165, 1.54) is 0 Å². The molecule has 3 aromatic carbocycles. The van der Waals surface area contributed by atoms with Crippen LogP contribution in [0.2, 0.25) is 0 Å². The SMILES string of the molecule is O=C1CC(c2ccc(O)cc2)c2c(ccc3c2O/C(=C\c2ccc4c(c2)OCCO4)C3=O)O1. The molecular weight excluding hydrogens is 424 g/mol. The number of hydrogen-bond donors (Lipinski definition) is 1. The molecule has 0 aromatic heterocycles. The number of rotatable bonds is 2. The molecule has 1 N–H and O–H groups in total. The molecule has 0 bridgehead atoms. The van der Waals surface area contributed by atoms with E-state index >= 15 is 0 Å². The summed E-state index contributed by atoms with van der Waals surface area (Å²) in [6, 6.07) is 15.3. The summed E-state index contributed by atoms with van der Waals surface area (Å²) in [5.41, 5.74) is 2.63. The third kappa shape index (κ3) is 3.29. The van der Waals surface area contributed by atoms with Crippen molar-refractivity contribution in [2.75, 3.05) is 13.2 Å². The van der Waals surface area contributed by atoms with Crippen LogP contribution in [-0.2, 0) is 4.79 Å². The van der Waals surface area contributed by atoms with E-state index in [0.29, 0.717) is 47.3 Å². The van der Waals surface area contributed by atoms with Gasteiger partial charge in [-0.2, -0.15) is 0 Å². The highest BCUT2D eigenvalue weighted by molar-refractivity contribution is 6.15. The molecule has 3 heterocycles. The van der Waals surface area contributed by atoms with Crippen LogP contribution in [0.3, 0.4) is 0 Å². The summed E-state index contributed by atoms with van der Waals surface area (Å²) < 4.78 is 22.7. The van der Waals surface area contributed by atoms with Crippen LogP contribution < -0.4 is 18.9 Å². The molecule has 3 aliphatic heterocycles. The minimum Gasteiger partial charge on any atom is -0.508 e. The first-order valence-electron chi connectivity index (χ1n) is 10.6. The number of phenolic OH excluding ortho intramolecular Hbond substituents is 1. The number of fused-ring (bicyclic) bond motifs is 4. The summed E-state index contributed by atoms with van der Waals surface area (Å²) in [5, 5.41) is 9.66. The lowest BCUT2D eigenvalue weighted by molar-refractivity contribution is -0.135. The minimum absolute atomic E-state index is 0.104. The third-order valence-electron chi connectivity index (χ3n) is 5.94. The lowest BCUT2D eigenvalue weighted by Crippen LogP contribution is -2.21. The van der Waals surface area contributed by atoms with Crippen LogP contribution in [0.5, 0.6) is 28.7 Å². The van der Waals surface area contributed by atoms with Gasteiger partial charge >= 0.3 is 5.97 Å². The number of allylic oxidation sites excluding steroid dienone is 1. The summed E-state index contributed by atoms with van der Waals surface area (Å²) in [6.45, 7) is 0.972. The van der Waals surface area contributed by atoms with Gasteiger partial charge in [0.15, 0.2) is 17.3 Å². The van der Waals surface area contributed by atoms with Crippen molar-refractivity contribution in [2.45, 2.75) is 12.3 Å². The van der Waals surface area contributed by atoms with Crippen molar-refractivity contribution in [1.29, 1.82) is 0 Å². The van der Waals surface area contributed by atoms with Crippen molar-refractivity contribution < 1.29 is 33.6 Å². The topological polar surface area (TPSA) is 91.3 Å². The molecule has 3 aliphatic rings. The van der Waals surface area contributed by atoms with Crippen LogP contribution in [0.1, 0.15) is 39.4 Å². The molecule has 0 spiro atoms. The van der Waals surface area contributed by atoms with Crippen molar-refractivity contribution in [2.24, 2.45) is 0 Å². The molecule has 164 valence electrons. The van der Waals surface area contributed by atoms with Gasteiger partial charge in [-0.25, -0.2) is 0 Å². The summed E-state index contributed by atoms with van der Waals surface area (Å²) >= 11 is 0. The molecule has 1 unspecified atom stereocenters. The Hall–Kier alpha value is -4.26. The number of carbonyl (C=O) groups is 2. The molecule has 0 saturated carbocycles. The van der Waals surface area contributed by atoms with Gasteiger partial charge in [-0.05, 0) is 53.6 Å². The minimum atomic E-state index is -0.364. The van der Waals surface area contributed by atoms with Crippen molar-refractivity contribution in [3.63, 3.8) is 0 Å². The van der Waals surface area contributed by atoms with E-state index in [2.05, 4.69) is 0 Å². The fraction of sp³-hybridized carbons (Fsp3) is 0.154. The predicted octanol–water partition coefficient (Wildman–Crippen LogP) is 4.22. The fourth-order valence-corrected chi connectivity index (χ4v) is 4.40. The Morgan fingerprint density at radius 3 is 2.42 bits per heavy atom. The van der Waals surface area contributed by atoms with Crippen LogP contribution in [0.4, 0.5) is 0 Å². The van der Waals surface area contributed by atoms with Gasteiger partial charge in [-0.3, -0.25) is 9.59 Å². The van der Waals surface area contributed by atoms with E-state index in [1.807, 2.05) is 6.07 Å². The molecule has 0 amide bonds. The molecule has 1 atom stereocenters. The van der Waals surface area contributed by atoms with Gasteiger partial charge < -0.3 is 24.1 Å². The van der Waals surface area contributed by atoms with Gasteiger partial charge in [0.05, 0.1) is 12.0 Å². The number of Topliss-reactive ketones (excluding diaryl/α,β-unsaturated/α-hetero) is 1. The predicted molar refractivity (Wildman–Crippen MR) is 117 cm³/mol. The molecule has 3 aromatic rings. The van der Waals surface area contributed by atoms with Crippen molar-refractivity contribution in [3.8, 4) is 28.7 Å². The Kier molecular flexibility index (Phi) is 4.36. The van der Waals surface area contributed by atoms with Gasteiger partial charge in [-0.15, -0.1) is 0 Å². The van der Waals surface area contributed by atoms with Gasteiger partial charge in [0.1, 0.15) is 30.5 Å². The number of ketones is 1. The van der Waals surface area contributed by atoms with Crippen LogP contribution in [-0.4, -0.2) is 30.1 Å². The maximum absolute atomic E-state index is 13.1. The maximum atomic E-state index is 13.1. The van der Waals surface area contributed by atoms with Gasteiger partial charge in [0.2, 0.25) is 5.78 Å². The zero-order chi connectivity index (χ0) is 22.5. The summed E-state index contributed by atoms with van der Waals surface area (Å²) in [7, 11) is 0. The van der Waals surface area contributed by atoms with E-state index in [4.69, 9.17) is 18.9 Å². The average Bonchev–Trinajstić information content (AvgIpc) is 3.14. The van der Waals surface area contributed by atoms with Crippen LogP contribution in [0, 0.1) is 0 Å². The molecule has 7 heteroatoms. The Morgan fingerprint density at radius 1 is 0.848 bits per heavy atom. The van der Waals surface area contributed by atoms with Crippen molar-refractivity contribution in [3.05, 3.63) is 82.6 Å². The second-order valence-electron chi connectivity index (χ2n) is 8.02. The first-order valence-corrected chi connectivity index (χ1v) is 10.6. The number of phenols is 1. The Labute approximate surface area is 188 Å². The van der Waals surface area contributed by atoms with E-state index in [1.54, 1.807) is 54.6 Å². The molecule has 6 rings (SSSR count). The summed E-state index contributed by atoms with van der Waals surface area (Å²) in [6.07, 6.45) is 1.77. The van der Waals surface area contributed by atoms with Crippen LogP contribution >= 0.6 is 0 Å². The highest BCUT2D eigenvalue weighted by Crippen LogP contribution is 2.49. The maximum Gasteiger partial charge on any atom is 0.312 e. The molecule has 7 nitrogen and oxygen atoms in total. The zero-order valence-electron chi connectivity index (χ0n) is 17.4. The van der Waals surface area contributed by atoms with Crippen LogP contribution in [0.15, 0.2) is 60.4 Å². The van der Waals surface area contributed by atoms with Gasteiger partial charge in [0, 0.05) is 11.5 Å². The summed E-state index contributed by atoms with van der Waals surface area (Å²) in [4.78, 5) is 25.4. The molecular formula is C26H18O7. The second-order valence-corrected chi connectivity index (χ2v) is 8.02. The summed E-state index contributed by atoms with van der Waals surface area (Å²) in [5.74, 6) is 1.39. The van der Waals surface area contributed by atoms with Crippen molar-refractivity contribution >= 4 is 17.8 Å². The number of esters is 1. The average molecular weight is 442 g/mol. The third-order valence-corrected chi connectivity index (χ3v) is 5.94. The van der Waals surface area contributed by atoms with Crippen LogP contribution in [0.25, 0.3) is 6.08 Å². The number of carbonyl (C=O) groups excluding carboxylic acids is 2. The molecule has 0 saturated heterocycles. The van der Waals surface area contributed by atoms with Gasteiger partial charge in [0.25, 0.3) is 0 Å². The fourth-order valence-electron chi connectivity index (χ4n) is 4.40. The largest absolute Gasteiger partial charge is 0.508 e.